The van der Waals surface area contributed by atoms with Crippen LogP contribution >= 0.6 is 0 Å². The van der Waals surface area contributed by atoms with Crippen molar-refractivity contribution >= 4 is 5.91 Å². The van der Waals surface area contributed by atoms with Crippen LogP contribution in [0, 0.1) is 5.92 Å². The number of nitrogens with one attached hydrogen (secondary N) is 1. The second kappa shape index (κ2) is 4.09. The minimum atomic E-state index is -0.108. The topological polar surface area (TPSA) is 55.1 Å². The van der Waals surface area contributed by atoms with Gasteiger partial charge in [-0.25, -0.2) is 0 Å². The van der Waals surface area contributed by atoms with Crippen LogP contribution < -0.4 is 11.1 Å². The van der Waals surface area contributed by atoms with Gasteiger partial charge in [0.05, 0.1) is 5.54 Å². The summed E-state index contributed by atoms with van der Waals surface area (Å²) in [6.45, 7) is 4.36. The zero-order valence-corrected chi connectivity index (χ0v) is 8.60. The van der Waals surface area contributed by atoms with Crippen molar-refractivity contribution in [2.45, 2.75) is 45.1 Å². The second-order valence-corrected chi connectivity index (χ2v) is 4.37. The third kappa shape index (κ3) is 2.69. The van der Waals surface area contributed by atoms with E-state index in [1.807, 2.05) is 0 Å². The van der Waals surface area contributed by atoms with Gasteiger partial charge in [-0.2, -0.15) is 0 Å². The molecule has 1 saturated carbocycles. The second-order valence-electron chi connectivity index (χ2n) is 4.37. The molecule has 3 nitrogen and oxygen atoms in total. The molecule has 3 heteroatoms. The average molecular weight is 184 g/mol. The Hall–Kier alpha value is -0.570. The fraction of sp³-hybridized carbons (Fsp3) is 0.900. The molecule has 1 fully saturated rings. The molecule has 76 valence electrons. The highest BCUT2D eigenvalue weighted by atomic mass is 16.1. The standard InChI is InChI=1S/C10H20N2O/c1-8-4-3-5-10(6-8,7-11)12-9(2)13/h8H,3-7,11H2,1-2H3,(H,12,13). The number of hydrogen-bond acceptors (Lipinski definition) is 2. The highest BCUT2D eigenvalue weighted by Gasteiger charge is 2.34. The molecule has 0 aromatic heterocycles. The van der Waals surface area contributed by atoms with Crippen molar-refractivity contribution in [2.24, 2.45) is 11.7 Å². The Bertz CT molecular complexity index is 193. The summed E-state index contributed by atoms with van der Waals surface area (Å²) in [5, 5.41) is 3.01. The SMILES string of the molecule is CC(=O)NC1(CN)CCCC(C)C1. The lowest BCUT2D eigenvalue weighted by atomic mass is 9.76. The van der Waals surface area contributed by atoms with Crippen LogP contribution in [0.4, 0.5) is 0 Å². The number of rotatable bonds is 2. The number of amides is 1. The van der Waals surface area contributed by atoms with E-state index in [0.717, 1.165) is 12.8 Å². The van der Waals surface area contributed by atoms with Crippen molar-refractivity contribution in [2.75, 3.05) is 6.54 Å². The van der Waals surface area contributed by atoms with Gasteiger partial charge in [-0.1, -0.05) is 19.8 Å². The molecule has 13 heavy (non-hydrogen) atoms. The van der Waals surface area contributed by atoms with Crippen LogP contribution in [0.2, 0.25) is 0 Å². The molecule has 1 aliphatic rings. The average Bonchev–Trinajstić information content (AvgIpc) is 2.03. The first kappa shape index (κ1) is 10.5. The van der Waals surface area contributed by atoms with Gasteiger partial charge in [0.1, 0.15) is 0 Å². The van der Waals surface area contributed by atoms with Gasteiger partial charge >= 0.3 is 0 Å². The normalized spacial score (nSPS) is 34.2. The van der Waals surface area contributed by atoms with E-state index in [9.17, 15) is 4.79 Å². The fourth-order valence-corrected chi connectivity index (χ4v) is 2.38. The third-order valence-corrected chi connectivity index (χ3v) is 2.92. The maximum absolute atomic E-state index is 11.0. The Morgan fingerprint density at radius 1 is 1.69 bits per heavy atom. The van der Waals surface area contributed by atoms with Crippen LogP contribution in [0.1, 0.15) is 39.5 Å². The highest BCUT2D eigenvalue weighted by molar-refractivity contribution is 5.73. The largest absolute Gasteiger partial charge is 0.350 e. The van der Waals surface area contributed by atoms with E-state index in [-0.39, 0.29) is 11.4 Å². The molecule has 0 bridgehead atoms. The molecule has 2 unspecified atom stereocenters. The van der Waals surface area contributed by atoms with E-state index in [1.54, 1.807) is 6.92 Å². The van der Waals surface area contributed by atoms with Crippen LogP contribution in [-0.2, 0) is 4.79 Å². The minimum Gasteiger partial charge on any atom is -0.350 e. The molecule has 1 rings (SSSR count). The Morgan fingerprint density at radius 2 is 2.38 bits per heavy atom. The summed E-state index contributed by atoms with van der Waals surface area (Å²) in [5.41, 5.74) is 5.63. The number of nitrogens with two attached hydrogens (primary N) is 1. The monoisotopic (exact) mass is 184 g/mol. The molecule has 0 heterocycles. The predicted octanol–water partition coefficient (Wildman–Crippen LogP) is 1.03. The lowest BCUT2D eigenvalue weighted by Crippen LogP contribution is -2.55. The molecule has 0 aromatic rings. The van der Waals surface area contributed by atoms with Gasteiger partial charge < -0.3 is 11.1 Å². The molecule has 3 N–H and O–H groups in total. The summed E-state index contributed by atoms with van der Waals surface area (Å²) in [7, 11) is 0. The quantitative estimate of drug-likeness (QED) is 0.673. The van der Waals surface area contributed by atoms with Gasteiger partial charge in [0.15, 0.2) is 0 Å². The highest BCUT2D eigenvalue weighted by Crippen LogP contribution is 2.31. The summed E-state index contributed by atoms with van der Waals surface area (Å²) in [6, 6.07) is 0. The van der Waals surface area contributed by atoms with Gasteiger partial charge in [0.2, 0.25) is 5.91 Å². The minimum absolute atomic E-state index is 0.0413. The first-order chi connectivity index (χ1) is 6.08. The van der Waals surface area contributed by atoms with Crippen molar-refractivity contribution in [1.29, 1.82) is 0 Å². The van der Waals surface area contributed by atoms with Gasteiger partial charge in [0.25, 0.3) is 0 Å². The smallest absolute Gasteiger partial charge is 0.217 e. The fourth-order valence-electron chi connectivity index (χ4n) is 2.38. The van der Waals surface area contributed by atoms with Gasteiger partial charge in [0, 0.05) is 13.5 Å². The Balaban J connectivity index is 2.61. The van der Waals surface area contributed by atoms with Crippen molar-refractivity contribution in [3.05, 3.63) is 0 Å². The first-order valence-corrected chi connectivity index (χ1v) is 5.07. The molecule has 1 aliphatic carbocycles. The zero-order valence-electron chi connectivity index (χ0n) is 8.60. The number of carbonyl (C=O) groups excluding carboxylic acids is 1. The lowest BCUT2D eigenvalue weighted by Gasteiger charge is -2.39. The van der Waals surface area contributed by atoms with Crippen LogP contribution in [0.15, 0.2) is 0 Å². The first-order valence-electron chi connectivity index (χ1n) is 5.07. The Kier molecular flexibility index (Phi) is 3.31. The summed E-state index contributed by atoms with van der Waals surface area (Å²) in [5.74, 6) is 0.726. The number of hydrogen-bond donors (Lipinski definition) is 2. The molecule has 0 spiro atoms. The molecule has 0 aliphatic heterocycles. The Morgan fingerprint density at radius 3 is 2.85 bits per heavy atom. The van der Waals surface area contributed by atoms with Crippen LogP contribution in [0.5, 0.6) is 0 Å². The van der Waals surface area contributed by atoms with Gasteiger partial charge in [-0.3, -0.25) is 4.79 Å². The van der Waals surface area contributed by atoms with Crippen LogP contribution in [0.25, 0.3) is 0 Å². The van der Waals surface area contributed by atoms with Crippen molar-refractivity contribution in [3.63, 3.8) is 0 Å². The van der Waals surface area contributed by atoms with E-state index >= 15 is 0 Å². The van der Waals surface area contributed by atoms with E-state index < -0.39 is 0 Å². The summed E-state index contributed by atoms with van der Waals surface area (Å²) < 4.78 is 0. The molecule has 0 saturated heterocycles. The maximum atomic E-state index is 11.0. The molecule has 2 atom stereocenters. The zero-order chi connectivity index (χ0) is 9.90. The van der Waals surface area contributed by atoms with Crippen LogP contribution in [-0.4, -0.2) is 18.0 Å². The van der Waals surface area contributed by atoms with E-state index in [0.29, 0.717) is 12.5 Å². The Labute approximate surface area is 80.1 Å². The summed E-state index contributed by atoms with van der Waals surface area (Å²) >= 11 is 0. The molecule has 0 aromatic carbocycles. The molecular weight excluding hydrogens is 164 g/mol. The third-order valence-electron chi connectivity index (χ3n) is 2.92. The van der Waals surface area contributed by atoms with E-state index in [2.05, 4.69) is 12.2 Å². The summed E-state index contributed by atoms with van der Waals surface area (Å²) in [6.07, 6.45) is 4.51. The van der Waals surface area contributed by atoms with Crippen molar-refractivity contribution < 1.29 is 4.79 Å². The van der Waals surface area contributed by atoms with E-state index in [4.69, 9.17) is 5.73 Å². The maximum Gasteiger partial charge on any atom is 0.217 e. The number of carbonyl (C=O) groups is 1. The predicted molar refractivity (Wildman–Crippen MR) is 53.2 cm³/mol. The van der Waals surface area contributed by atoms with Gasteiger partial charge in [-0.05, 0) is 18.8 Å². The summed E-state index contributed by atoms with van der Waals surface area (Å²) in [4.78, 5) is 11.0. The van der Waals surface area contributed by atoms with Crippen molar-refractivity contribution in [1.82, 2.24) is 5.32 Å². The molecule has 1 amide bonds. The van der Waals surface area contributed by atoms with Crippen molar-refractivity contribution in [3.8, 4) is 0 Å². The van der Waals surface area contributed by atoms with Gasteiger partial charge in [-0.15, -0.1) is 0 Å². The molecule has 0 radical (unpaired) electrons. The lowest BCUT2D eigenvalue weighted by molar-refractivity contribution is -0.121. The van der Waals surface area contributed by atoms with E-state index in [1.165, 1.54) is 12.8 Å². The van der Waals surface area contributed by atoms with Crippen LogP contribution in [0.3, 0.4) is 0 Å². The molecular formula is C10H20N2O.